The zero-order chi connectivity index (χ0) is 20.4. The summed E-state index contributed by atoms with van der Waals surface area (Å²) in [5, 5.41) is 0.959. The summed E-state index contributed by atoms with van der Waals surface area (Å²) in [6.07, 6.45) is -0.163. The van der Waals surface area contributed by atoms with E-state index < -0.39 is 17.4 Å². The molecule has 0 amide bonds. The predicted molar refractivity (Wildman–Crippen MR) is 103 cm³/mol. The van der Waals surface area contributed by atoms with Gasteiger partial charge in [-0.05, 0) is 43.7 Å². The Morgan fingerprint density at radius 3 is 2.57 bits per heavy atom. The molecular weight excluding hydrogens is 387 g/mol. The fourth-order valence-corrected chi connectivity index (χ4v) is 3.19. The number of benzene rings is 2. The van der Waals surface area contributed by atoms with Gasteiger partial charge in [-0.3, -0.25) is 4.79 Å². The minimum atomic E-state index is -0.604. The summed E-state index contributed by atoms with van der Waals surface area (Å²) in [5.41, 5.74) is 1.49. The van der Waals surface area contributed by atoms with E-state index in [0.717, 1.165) is 0 Å². The second-order valence-corrected chi connectivity index (χ2v) is 6.71. The molecule has 0 atom stereocenters. The van der Waals surface area contributed by atoms with Gasteiger partial charge in [-0.1, -0.05) is 17.7 Å². The van der Waals surface area contributed by atoms with E-state index >= 15 is 0 Å². The van der Waals surface area contributed by atoms with Crippen LogP contribution in [0.4, 0.5) is 4.39 Å². The van der Waals surface area contributed by atoms with E-state index in [1.165, 1.54) is 19.2 Å². The van der Waals surface area contributed by atoms with Crippen LogP contribution in [0.3, 0.4) is 0 Å². The van der Waals surface area contributed by atoms with Crippen LogP contribution in [0.15, 0.2) is 39.5 Å². The molecule has 0 bridgehead atoms. The average molecular weight is 405 g/mol. The lowest BCUT2D eigenvalue weighted by Gasteiger charge is -2.14. The second-order valence-electron chi connectivity index (χ2n) is 6.30. The Balaban J connectivity index is 1.98. The van der Waals surface area contributed by atoms with Gasteiger partial charge < -0.3 is 13.9 Å². The lowest BCUT2D eigenvalue weighted by molar-refractivity contribution is -0.139. The number of rotatable bonds is 5. The van der Waals surface area contributed by atoms with Crippen LogP contribution in [0.2, 0.25) is 5.02 Å². The molecule has 3 rings (SSSR count). The molecule has 0 aliphatic heterocycles. The summed E-state index contributed by atoms with van der Waals surface area (Å²) < 4.78 is 29.7. The largest absolute Gasteiger partial charge is 0.488 e. The first kappa shape index (κ1) is 19.9. The number of aryl methyl sites for hydroxylation is 2. The van der Waals surface area contributed by atoms with Gasteiger partial charge in [-0.15, -0.1) is 0 Å². The van der Waals surface area contributed by atoms with Gasteiger partial charge in [0.05, 0.1) is 24.1 Å². The molecule has 7 heteroatoms. The maximum atomic E-state index is 13.9. The van der Waals surface area contributed by atoms with Crippen LogP contribution in [0.25, 0.3) is 11.0 Å². The Labute approximate surface area is 165 Å². The second kappa shape index (κ2) is 8.02. The van der Waals surface area contributed by atoms with Crippen LogP contribution in [-0.4, -0.2) is 13.1 Å². The maximum absolute atomic E-state index is 13.9. The van der Waals surface area contributed by atoms with Crippen molar-refractivity contribution in [1.29, 1.82) is 0 Å². The number of ether oxygens (including phenoxy) is 2. The van der Waals surface area contributed by atoms with Crippen molar-refractivity contribution in [3.05, 3.63) is 73.8 Å². The number of carbonyl (C=O) groups excluding carboxylic acids is 1. The third kappa shape index (κ3) is 3.73. The standard InChI is InChI=1S/C21H18ClFO5/c1-11-13-7-8-18(27-10-15-16(22)5-4-6-17(15)23)12(2)20(13)28-21(25)14(11)9-19(24)26-3/h4-8H,9-10H2,1-3H3. The molecule has 1 heterocycles. The average Bonchev–Trinajstić information content (AvgIpc) is 2.66. The number of esters is 1. The Hall–Kier alpha value is -2.86. The zero-order valence-corrected chi connectivity index (χ0v) is 16.4. The van der Waals surface area contributed by atoms with Crippen molar-refractivity contribution in [2.24, 2.45) is 0 Å². The highest BCUT2D eigenvalue weighted by Crippen LogP contribution is 2.31. The molecule has 2 aromatic carbocycles. The van der Waals surface area contributed by atoms with E-state index in [9.17, 15) is 14.0 Å². The van der Waals surface area contributed by atoms with Crippen molar-refractivity contribution >= 4 is 28.5 Å². The fourth-order valence-electron chi connectivity index (χ4n) is 2.97. The molecule has 28 heavy (non-hydrogen) atoms. The van der Waals surface area contributed by atoms with Crippen LogP contribution in [-0.2, 0) is 22.6 Å². The molecule has 0 fully saturated rings. The summed E-state index contributed by atoms with van der Waals surface area (Å²) in [6.45, 7) is 3.42. The van der Waals surface area contributed by atoms with Crippen molar-refractivity contribution < 1.29 is 23.1 Å². The van der Waals surface area contributed by atoms with E-state index in [4.69, 9.17) is 20.8 Å². The number of halogens is 2. The van der Waals surface area contributed by atoms with E-state index in [1.807, 2.05) is 0 Å². The lowest BCUT2D eigenvalue weighted by Crippen LogP contribution is -2.16. The Morgan fingerprint density at radius 1 is 1.14 bits per heavy atom. The van der Waals surface area contributed by atoms with E-state index in [0.29, 0.717) is 27.8 Å². The molecular formula is C21H18ClFO5. The summed E-state index contributed by atoms with van der Waals surface area (Å²) in [5.74, 6) is -0.538. The Kier molecular flexibility index (Phi) is 5.70. The van der Waals surface area contributed by atoms with Gasteiger partial charge in [-0.25, -0.2) is 9.18 Å². The molecule has 5 nitrogen and oxygen atoms in total. The van der Waals surface area contributed by atoms with E-state index in [1.54, 1.807) is 32.0 Å². The van der Waals surface area contributed by atoms with Crippen LogP contribution >= 0.6 is 11.6 Å². The number of hydrogen-bond donors (Lipinski definition) is 0. The van der Waals surface area contributed by atoms with Crippen LogP contribution in [0.1, 0.15) is 22.3 Å². The normalized spacial score (nSPS) is 10.9. The van der Waals surface area contributed by atoms with Crippen LogP contribution in [0.5, 0.6) is 5.75 Å². The minimum Gasteiger partial charge on any atom is -0.488 e. The number of methoxy groups -OCH3 is 1. The third-order valence-electron chi connectivity index (χ3n) is 4.64. The quantitative estimate of drug-likeness (QED) is 0.463. The van der Waals surface area contributed by atoms with E-state index in [-0.39, 0.29) is 29.2 Å². The Morgan fingerprint density at radius 2 is 1.89 bits per heavy atom. The first-order valence-corrected chi connectivity index (χ1v) is 8.89. The highest BCUT2D eigenvalue weighted by Gasteiger charge is 2.18. The van der Waals surface area contributed by atoms with Crippen molar-refractivity contribution in [3.8, 4) is 5.75 Å². The van der Waals surface area contributed by atoms with Gasteiger partial charge in [0.15, 0.2) is 0 Å². The van der Waals surface area contributed by atoms with Crippen molar-refractivity contribution in [2.45, 2.75) is 26.9 Å². The minimum absolute atomic E-state index is 0.0680. The molecule has 3 aromatic rings. The number of carbonyl (C=O) groups is 1. The molecule has 0 aliphatic carbocycles. The summed E-state index contributed by atoms with van der Waals surface area (Å²) in [6, 6.07) is 7.86. The predicted octanol–water partition coefficient (Wildman–Crippen LogP) is 4.50. The summed E-state index contributed by atoms with van der Waals surface area (Å²) >= 11 is 6.03. The van der Waals surface area contributed by atoms with Gasteiger partial charge in [0.1, 0.15) is 23.8 Å². The molecule has 146 valence electrons. The molecule has 1 aromatic heterocycles. The monoisotopic (exact) mass is 404 g/mol. The van der Waals surface area contributed by atoms with Crippen LogP contribution in [0, 0.1) is 19.7 Å². The Bertz CT molecular complexity index is 1100. The van der Waals surface area contributed by atoms with Crippen molar-refractivity contribution in [1.82, 2.24) is 0 Å². The first-order valence-electron chi connectivity index (χ1n) is 8.51. The molecule has 0 saturated carbocycles. The SMILES string of the molecule is COC(=O)Cc1c(C)c2ccc(OCc3c(F)cccc3Cl)c(C)c2oc1=O. The zero-order valence-electron chi connectivity index (χ0n) is 15.6. The van der Waals surface area contributed by atoms with Gasteiger partial charge >= 0.3 is 11.6 Å². The summed E-state index contributed by atoms with van der Waals surface area (Å²) in [4.78, 5) is 23.9. The smallest absolute Gasteiger partial charge is 0.340 e. The molecule has 0 N–H and O–H groups in total. The topological polar surface area (TPSA) is 65.7 Å². The van der Waals surface area contributed by atoms with Crippen LogP contribution < -0.4 is 10.4 Å². The molecule has 0 radical (unpaired) electrons. The van der Waals surface area contributed by atoms with Crippen molar-refractivity contribution in [3.63, 3.8) is 0 Å². The summed E-state index contributed by atoms with van der Waals surface area (Å²) in [7, 11) is 1.26. The maximum Gasteiger partial charge on any atom is 0.340 e. The first-order chi connectivity index (χ1) is 13.3. The van der Waals surface area contributed by atoms with Crippen molar-refractivity contribution in [2.75, 3.05) is 7.11 Å². The fraction of sp³-hybridized carbons (Fsp3) is 0.238. The highest BCUT2D eigenvalue weighted by molar-refractivity contribution is 6.31. The highest BCUT2D eigenvalue weighted by atomic mass is 35.5. The molecule has 0 aliphatic rings. The number of hydrogen-bond acceptors (Lipinski definition) is 5. The molecule has 0 spiro atoms. The molecule has 0 saturated heterocycles. The van der Waals surface area contributed by atoms with Gasteiger partial charge in [0, 0.05) is 16.5 Å². The van der Waals surface area contributed by atoms with Gasteiger partial charge in [-0.2, -0.15) is 0 Å². The van der Waals surface area contributed by atoms with Gasteiger partial charge in [0.25, 0.3) is 0 Å². The van der Waals surface area contributed by atoms with Gasteiger partial charge in [0.2, 0.25) is 0 Å². The number of fused-ring (bicyclic) bond motifs is 1. The molecule has 0 unspecified atom stereocenters. The third-order valence-corrected chi connectivity index (χ3v) is 4.99. The lowest BCUT2D eigenvalue weighted by atomic mass is 10.0. The van der Waals surface area contributed by atoms with E-state index in [2.05, 4.69) is 4.74 Å².